The van der Waals surface area contributed by atoms with Crippen LogP contribution >= 0.6 is 0 Å². The molecule has 0 aliphatic carbocycles. The number of pyridine rings is 1. The molecule has 0 radical (unpaired) electrons. The maximum Gasteiger partial charge on any atom is 0.101 e. The van der Waals surface area contributed by atoms with Gasteiger partial charge in [-0.2, -0.15) is 10.4 Å². The molecule has 2 saturated heterocycles. The van der Waals surface area contributed by atoms with Crippen molar-refractivity contribution in [2.24, 2.45) is 0 Å². The zero-order valence-corrected chi connectivity index (χ0v) is 19.8. The number of nitrogens with zero attached hydrogens (tertiary/aromatic N) is 6. The van der Waals surface area contributed by atoms with E-state index in [0.717, 1.165) is 62.3 Å². The fourth-order valence-electron chi connectivity index (χ4n) is 5.72. The van der Waals surface area contributed by atoms with E-state index in [2.05, 4.69) is 63.0 Å². The van der Waals surface area contributed by atoms with Crippen LogP contribution in [0.3, 0.4) is 0 Å². The van der Waals surface area contributed by atoms with Crippen LogP contribution in [0.5, 0.6) is 0 Å². The number of rotatable bonds is 4. The number of likely N-dealkylation sites (tertiary alicyclic amines) is 1. The lowest BCUT2D eigenvalue weighted by molar-refractivity contribution is -0.0489. The SMILES string of the molecule is C[C@@H]1CN(c2ccc(C#N)c3ncccc23)C[C@H](CN2CC(n3cc4c(n3)[C@@H](C)NCC4)C2)O1. The number of anilines is 1. The van der Waals surface area contributed by atoms with Gasteiger partial charge in [0.25, 0.3) is 0 Å². The Morgan fingerprint density at radius 2 is 2.06 bits per heavy atom. The van der Waals surface area contributed by atoms with Crippen LogP contribution in [0.2, 0.25) is 0 Å². The second kappa shape index (κ2) is 8.66. The maximum absolute atomic E-state index is 9.48. The molecule has 176 valence electrons. The van der Waals surface area contributed by atoms with Gasteiger partial charge >= 0.3 is 0 Å². The molecule has 8 heteroatoms. The Hall–Kier alpha value is -2.99. The summed E-state index contributed by atoms with van der Waals surface area (Å²) in [6, 6.07) is 11.0. The Bertz CT molecular complexity index is 1240. The number of ether oxygens (including phenoxy) is 1. The molecule has 0 unspecified atom stereocenters. The second-order valence-corrected chi connectivity index (χ2v) is 9.94. The molecular weight excluding hydrogens is 426 g/mol. The van der Waals surface area contributed by atoms with E-state index in [1.807, 2.05) is 12.1 Å². The smallest absolute Gasteiger partial charge is 0.101 e. The van der Waals surface area contributed by atoms with E-state index in [1.165, 1.54) is 11.3 Å². The lowest BCUT2D eigenvalue weighted by atomic mass is 10.0. The molecule has 0 amide bonds. The first-order valence-electron chi connectivity index (χ1n) is 12.3. The molecule has 2 aromatic heterocycles. The predicted molar refractivity (Wildman–Crippen MR) is 131 cm³/mol. The van der Waals surface area contributed by atoms with Crippen LogP contribution in [0, 0.1) is 11.3 Å². The number of hydrogen-bond donors (Lipinski definition) is 1. The van der Waals surface area contributed by atoms with E-state index in [0.29, 0.717) is 17.6 Å². The van der Waals surface area contributed by atoms with Gasteiger partial charge in [0.05, 0.1) is 35.0 Å². The van der Waals surface area contributed by atoms with Crippen molar-refractivity contribution in [1.82, 2.24) is 25.0 Å². The molecule has 0 bridgehead atoms. The summed E-state index contributed by atoms with van der Waals surface area (Å²) in [6.45, 7) is 9.99. The van der Waals surface area contributed by atoms with E-state index in [9.17, 15) is 5.26 Å². The summed E-state index contributed by atoms with van der Waals surface area (Å²) in [5.41, 5.74) is 5.14. The Balaban J connectivity index is 1.13. The number of aromatic nitrogens is 3. The van der Waals surface area contributed by atoms with Crippen molar-refractivity contribution < 1.29 is 4.74 Å². The number of nitriles is 1. The van der Waals surface area contributed by atoms with Crippen LogP contribution in [-0.2, 0) is 11.2 Å². The Morgan fingerprint density at radius 3 is 2.88 bits per heavy atom. The zero-order chi connectivity index (χ0) is 23.2. The van der Waals surface area contributed by atoms with Crippen molar-refractivity contribution in [2.75, 3.05) is 44.2 Å². The van der Waals surface area contributed by atoms with E-state index in [1.54, 1.807) is 6.20 Å². The first-order valence-corrected chi connectivity index (χ1v) is 12.3. The predicted octanol–water partition coefficient (Wildman–Crippen LogP) is 2.66. The monoisotopic (exact) mass is 457 g/mol. The first-order chi connectivity index (χ1) is 16.6. The van der Waals surface area contributed by atoms with Crippen molar-refractivity contribution in [1.29, 1.82) is 5.26 Å². The number of morpholine rings is 1. The summed E-state index contributed by atoms with van der Waals surface area (Å²) in [5, 5.41) is 18.9. The molecule has 8 nitrogen and oxygen atoms in total. The minimum atomic E-state index is 0.141. The van der Waals surface area contributed by atoms with Gasteiger partial charge in [-0.15, -0.1) is 0 Å². The third-order valence-corrected chi connectivity index (χ3v) is 7.40. The van der Waals surface area contributed by atoms with Crippen molar-refractivity contribution in [2.45, 2.75) is 44.6 Å². The molecule has 34 heavy (non-hydrogen) atoms. The number of nitrogens with one attached hydrogen (secondary N) is 1. The Kier molecular flexibility index (Phi) is 5.48. The molecular formula is C26H31N7O. The van der Waals surface area contributed by atoms with Crippen molar-refractivity contribution >= 4 is 16.6 Å². The largest absolute Gasteiger partial charge is 0.370 e. The summed E-state index contributed by atoms with van der Waals surface area (Å²) < 4.78 is 8.53. The van der Waals surface area contributed by atoms with E-state index in [-0.39, 0.29) is 12.2 Å². The minimum absolute atomic E-state index is 0.141. The third-order valence-electron chi connectivity index (χ3n) is 7.40. The summed E-state index contributed by atoms with van der Waals surface area (Å²) in [5.74, 6) is 0. The van der Waals surface area contributed by atoms with Gasteiger partial charge in [-0.25, -0.2) is 0 Å². The second-order valence-electron chi connectivity index (χ2n) is 9.94. The molecule has 5 heterocycles. The van der Waals surface area contributed by atoms with Gasteiger partial charge < -0.3 is 15.0 Å². The van der Waals surface area contributed by atoms with Crippen molar-refractivity contribution in [3.05, 3.63) is 53.5 Å². The molecule has 0 saturated carbocycles. The van der Waals surface area contributed by atoms with Crippen LogP contribution in [0.4, 0.5) is 5.69 Å². The number of hydrogen-bond acceptors (Lipinski definition) is 7. The minimum Gasteiger partial charge on any atom is -0.370 e. The van der Waals surface area contributed by atoms with E-state index >= 15 is 0 Å². The lowest BCUT2D eigenvalue weighted by Gasteiger charge is -2.44. The molecule has 3 aliphatic rings. The lowest BCUT2D eigenvalue weighted by Crippen LogP contribution is -2.56. The van der Waals surface area contributed by atoms with Gasteiger partial charge in [0.2, 0.25) is 0 Å². The van der Waals surface area contributed by atoms with Gasteiger partial charge in [0.15, 0.2) is 0 Å². The van der Waals surface area contributed by atoms with Crippen LogP contribution < -0.4 is 10.2 Å². The van der Waals surface area contributed by atoms with Crippen LogP contribution in [-0.4, -0.2) is 71.1 Å². The first kappa shape index (κ1) is 21.5. The molecule has 2 fully saturated rings. The van der Waals surface area contributed by atoms with E-state index < -0.39 is 0 Å². The summed E-state index contributed by atoms with van der Waals surface area (Å²) in [4.78, 5) is 9.36. The zero-order valence-electron chi connectivity index (χ0n) is 19.8. The topological polar surface area (TPSA) is 82.2 Å². The highest BCUT2D eigenvalue weighted by molar-refractivity contribution is 5.95. The van der Waals surface area contributed by atoms with Crippen LogP contribution in [0.1, 0.15) is 42.8 Å². The highest BCUT2D eigenvalue weighted by Crippen LogP contribution is 2.31. The summed E-state index contributed by atoms with van der Waals surface area (Å²) in [7, 11) is 0. The highest BCUT2D eigenvalue weighted by atomic mass is 16.5. The molecule has 1 N–H and O–H groups in total. The molecule has 6 rings (SSSR count). The van der Waals surface area contributed by atoms with Crippen LogP contribution in [0.25, 0.3) is 10.9 Å². The molecule has 0 spiro atoms. The van der Waals surface area contributed by atoms with Gasteiger partial charge in [-0.1, -0.05) is 0 Å². The fourth-order valence-corrected chi connectivity index (χ4v) is 5.72. The normalized spacial score (nSPS) is 25.7. The molecule has 3 aliphatic heterocycles. The van der Waals surface area contributed by atoms with Crippen molar-refractivity contribution in [3.8, 4) is 6.07 Å². The fraction of sp³-hybridized carbons (Fsp3) is 0.500. The summed E-state index contributed by atoms with van der Waals surface area (Å²) in [6.07, 6.45) is 5.37. The Labute approximate surface area is 200 Å². The average molecular weight is 458 g/mol. The van der Waals surface area contributed by atoms with Crippen molar-refractivity contribution in [3.63, 3.8) is 0 Å². The maximum atomic E-state index is 9.48. The number of benzene rings is 1. The summed E-state index contributed by atoms with van der Waals surface area (Å²) >= 11 is 0. The van der Waals surface area contributed by atoms with Gasteiger partial charge in [0.1, 0.15) is 6.07 Å². The molecule has 3 aromatic rings. The van der Waals surface area contributed by atoms with Crippen LogP contribution in [0.15, 0.2) is 36.7 Å². The molecule has 1 aromatic carbocycles. The highest BCUT2D eigenvalue weighted by Gasteiger charge is 2.35. The average Bonchev–Trinajstić information content (AvgIpc) is 3.25. The Morgan fingerprint density at radius 1 is 1.18 bits per heavy atom. The van der Waals surface area contributed by atoms with Gasteiger partial charge in [0, 0.05) is 62.2 Å². The third kappa shape index (κ3) is 3.84. The van der Waals surface area contributed by atoms with Gasteiger partial charge in [-0.3, -0.25) is 14.6 Å². The van der Waals surface area contributed by atoms with Gasteiger partial charge in [-0.05, 0) is 56.6 Å². The van der Waals surface area contributed by atoms with E-state index in [4.69, 9.17) is 9.84 Å². The molecule has 3 atom stereocenters. The number of fused-ring (bicyclic) bond motifs is 2. The quantitative estimate of drug-likeness (QED) is 0.645. The standard InChI is InChI=1S/C26H31N7O/c1-17-11-32(24-6-5-19(10-27)26-23(24)4-3-8-29-26)16-22(34-17)15-31-13-21(14-31)33-12-20-7-9-28-18(2)25(20)30-33/h3-6,8,12,17-18,21-22,28H,7,9,11,13-16H2,1-2H3/t17-,18-,22+/m1/s1.